The zero-order valence-electron chi connectivity index (χ0n) is 8.80. The van der Waals surface area contributed by atoms with Crippen LogP contribution in [0.3, 0.4) is 0 Å². The Bertz CT molecular complexity index is 388. The third-order valence-corrected chi connectivity index (χ3v) is 3.49. The highest BCUT2D eigenvalue weighted by molar-refractivity contribution is 7.89. The van der Waals surface area contributed by atoms with Gasteiger partial charge in [0, 0.05) is 6.54 Å². The van der Waals surface area contributed by atoms with E-state index in [-0.39, 0.29) is 0 Å². The maximum Gasteiger partial charge on any atom is 0.249 e. The number of ether oxygens (including phenoxy) is 1. The summed E-state index contributed by atoms with van der Waals surface area (Å²) in [6.45, 7) is 3.60. The number of hydrogen-bond acceptors (Lipinski definition) is 3. The fourth-order valence-electron chi connectivity index (χ4n) is 1.07. The summed E-state index contributed by atoms with van der Waals surface area (Å²) in [5, 5.41) is 0. The molecule has 0 fully saturated rings. The van der Waals surface area contributed by atoms with Gasteiger partial charge in [0.25, 0.3) is 0 Å². The van der Waals surface area contributed by atoms with E-state index in [1.807, 2.05) is 6.07 Å². The minimum Gasteiger partial charge on any atom is -0.473 e. The molecule has 84 valence electrons. The van der Waals surface area contributed by atoms with Gasteiger partial charge in [-0.05, 0) is 19.1 Å². The Morgan fingerprint density at radius 3 is 2.47 bits per heavy atom. The summed E-state index contributed by atoms with van der Waals surface area (Å²) >= 11 is 0. The summed E-state index contributed by atoms with van der Waals surface area (Å²) < 4.78 is 30.7. The third kappa shape index (κ3) is 3.53. The summed E-state index contributed by atoms with van der Waals surface area (Å²) in [4.78, 5) is 0. The molecule has 1 atom stereocenters. The first kappa shape index (κ1) is 12.0. The largest absolute Gasteiger partial charge is 0.473 e. The zero-order valence-corrected chi connectivity index (χ0v) is 9.62. The van der Waals surface area contributed by atoms with Gasteiger partial charge in [0.1, 0.15) is 5.75 Å². The Morgan fingerprint density at radius 1 is 1.33 bits per heavy atom. The first-order valence-corrected chi connectivity index (χ1v) is 6.31. The number of nitrogens with one attached hydrogen (secondary N) is 1. The highest BCUT2D eigenvalue weighted by Crippen LogP contribution is 2.12. The van der Waals surface area contributed by atoms with Gasteiger partial charge in [0.2, 0.25) is 15.5 Å². The van der Waals surface area contributed by atoms with E-state index in [4.69, 9.17) is 4.74 Å². The van der Waals surface area contributed by atoms with Crippen LogP contribution in [-0.2, 0) is 10.0 Å². The van der Waals surface area contributed by atoms with Crippen molar-refractivity contribution in [2.75, 3.05) is 6.54 Å². The van der Waals surface area contributed by atoms with Crippen molar-refractivity contribution in [3.05, 3.63) is 30.3 Å². The minimum absolute atomic E-state index is 0.366. The summed E-state index contributed by atoms with van der Waals surface area (Å²) in [7, 11) is -3.38. The van der Waals surface area contributed by atoms with Crippen molar-refractivity contribution in [2.24, 2.45) is 0 Å². The molecule has 0 radical (unpaired) electrons. The quantitative estimate of drug-likeness (QED) is 0.829. The minimum atomic E-state index is -3.38. The van der Waals surface area contributed by atoms with Crippen molar-refractivity contribution in [3.8, 4) is 5.75 Å². The van der Waals surface area contributed by atoms with Gasteiger partial charge >= 0.3 is 0 Å². The van der Waals surface area contributed by atoms with E-state index in [9.17, 15) is 8.42 Å². The Hall–Kier alpha value is -1.07. The van der Waals surface area contributed by atoms with Crippen LogP contribution in [0.2, 0.25) is 0 Å². The summed E-state index contributed by atoms with van der Waals surface area (Å²) in [6, 6.07) is 8.87. The van der Waals surface area contributed by atoms with Crippen molar-refractivity contribution < 1.29 is 13.2 Å². The lowest BCUT2D eigenvalue weighted by atomic mass is 10.3. The second kappa shape index (κ2) is 5.14. The van der Waals surface area contributed by atoms with Gasteiger partial charge < -0.3 is 4.74 Å². The Morgan fingerprint density at radius 2 is 1.93 bits per heavy atom. The topological polar surface area (TPSA) is 55.4 Å². The van der Waals surface area contributed by atoms with Gasteiger partial charge in [-0.15, -0.1) is 0 Å². The summed E-state index contributed by atoms with van der Waals surface area (Å²) in [6.07, 6.45) is 0. The molecule has 0 aliphatic rings. The molecular formula is C10H15NO3S. The van der Waals surface area contributed by atoms with E-state index >= 15 is 0 Å². The van der Waals surface area contributed by atoms with Gasteiger partial charge in [0.15, 0.2) is 0 Å². The van der Waals surface area contributed by atoms with Crippen molar-refractivity contribution in [1.29, 1.82) is 0 Å². The molecule has 0 bridgehead atoms. The summed E-state index contributed by atoms with van der Waals surface area (Å²) in [5.41, 5.74) is -0.889. The van der Waals surface area contributed by atoms with E-state index in [1.165, 1.54) is 6.92 Å². The molecule has 0 amide bonds. The van der Waals surface area contributed by atoms with Gasteiger partial charge in [0.05, 0.1) is 0 Å². The fourth-order valence-corrected chi connectivity index (χ4v) is 1.95. The fraction of sp³-hybridized carbons (Fsp3) is 0.400. The van der Waals surface area contributed by atoms with Crippen LogP contribution in [0.25, 0.3) is 0 Å². The zero-order chi connectivity index (χ0) is 11.3. The normalized spacial score (nSPS) is 13.5. The molecular weight excluding hydrogens is 214 g/mol. The van der Waals surface area contributed by atoms with E-state index in [2.05, 4.69) is 4.72 Å². The Labute approximate surface area is 90.3 Å². The molecule has 0 saturated heterocycles. The van der Waals surface area contributed by atoms with Crippen LogP contribution in [0.5, 0.6) is 5.75 Å². The van der Waals surface area contributed by atoms with Crippen molar-refractivity contribution in [3.63, 3.8) is 0 Å². The third-order valence-electron chi connectivity index (χ3n) is 1.83. The number of sulfonamides is 1. The lowest BCUT2D eigenvalue weighted by Crippen LogP contribution is -2.35. The maximum atomic E-state index is 11.5. The van der Waals surface area contributed by atoms with Crippen LogP contribution >= 0.6 is 0 Å². The summed E-state index contributed by atoms with van der Waals surface area (Å²) in [5.74, 6) is 0.548. The smallest absolute Gasteiger partial charge is 0.249 e. The predicted molar refractivity (Wildman–Crippen MR) is 59.1 cm³/mol. The van der Waals surface area contributed by atoms with Crippen LogP contribution in [0.1, 0.15) is 13.8 Å². The molecule has 1 rings (SSSR count). The standard InChI is InChI=1S/C10H15NO3S/c1-3-11-15(12,13)9(2)14-10-7-5-4-6-8-10/h4-9,11H,3H2,1-2H3. The van der Waals surface area contributed by atoms with Crippen LogP contribution in [0.4, 0.5) is 0 Å². The van der Waals surface area contributed by atoms with Gasteiger partial charge in [-0.3, -0.25) is 0 Å². The maximum absolute atomic E-state index is 11.5. The molecule has 15 heavy (non-hydrogen) atoms. The van der Waals surface area contributed by atoms with Crippen LogP contribution in [-0.4, -0.2) is 20.4 Å². The van der Waals surface area contributed by atoms with Gasteiger partial charge in [-0.25, -0.2) is 13.1 Å². The highest BCUT2D eigenvalue weighted by atomic mass is 32.2. The molecule has 1 N–H and O–H groups in total. The Kier molecular flexibility index (Phi) is 4.11. The van der Waals surface area contributed by atoms with E-state index < -0.39 is 15.5 Å². The van der Waals surface area contributed by atoms with Gasteiger partial charge in [-0.1, -0.05) is 25.1 Å². The van der Waals surface area contributed by atoms with Gasteiger partial charge in [-0.2, -0.15) is 0 Å². The molecule has 1 unspecified atom stereocenters. The van der Waals surface area contributed by atoms with Crippen molar-refractivity contribution in [2.45, 2.75) is 19.3 Å². The average molecular weight is 229 g/mol. The SMILES string of the molecule is CCNS(=O)(=O)C(C)Oc1ccccc1. The van der Waals surface area contributed by atoms with E-state index in [0.717, 1.165) is 0 Å². The van der Waals surface area contributed by atoms with E-state index in [0.29, 0.717) is 12.3 Å². The number of benzene rings is 1. The monoisotopic (exact) mass is 229 g/mol. The van der Waals surface area contributed by atoms with E-state index in [1.54, 1.807) is 31.2 Å². The number of para-hydroxylation sites is 1. The number of hydrogen-bond donors (Lipinski definition) is 1. The molecule has 0 aliphatic carbocycles. The highest BCUT2D eigenvalue weighted by Gasteiger charge is 2.20. The molecule has 5 heteroatoms. The van der Waals surface area contributed by atoms with Crippen LogP contribution in [0.15, 0.2) is 30.3 Å². The Balaban J connectivity index is 2.68. The second-order valence-electron chi connectivity index (χ2n) is 3.04. The van der Waals surface area contributed by atoms with Crippen molar-refractivity contribution >= 4 is 10.0 Å². The predicted octanol–water partition coefficient (Wildman–Crippen LogP) is 1.35. The molecule has 0 heterocycles. The lowest BCUT2D eigenvalue weighted by Gasteiger charge is -2.15. The molecule has 4 nitrogen and oxygen atoms in total. The molecule has 0 spiro atoms. The molecule has 1 aromatic carbocycles. The molecule has 0 aliphatic heterocycles. The van der Waals surface area contributed by atoms with Crippen molar-refractivity contribution in [1.82, 2.24) is 4.72 Å². The van der Waals surface area contributed by atoms with Crippen LogP contribution in [0, 0.1) is 0 Å². The molecule has 1 aromatic rings. The first-order valence-electron chi connectivity index (χ1n) is 4.76. The first-order chi connectivity index (χ1) is 7.06. The molecule has 0 aromatic heterocycles. The molecule has 0 saturated carbocycles. The lowest BCUT2D eigenvalue weighted by molar-refractivity contribution is 0.290. The van der Waals surface area contributed by atoms with Crippen LogP contribution < -0.4 is 9.46 Å². The second-order valence-corrected chi connectivity index (χ2v) is 5.08. The average Bonchev–Trinajstić information content (AvgIpc) is 2.19. The number of rotatable bonds is 5.